The van der Waals surface area contributed by atoms with Crippen LogP contribution in [0.2, 0.25) is 0 Å². The zero-order valence-electron chi connectivity index (χ0n) is 7.47. The van der Waals surface area contributed by atoms with E-state index in [9.17, 15) is 4.79 Å². The number of aryl methyl sites for hydroxylation is 1. The first kappa shape index (κ1) is 8.93. The highest BCUT2D eigenvalue weighted by Gasteiger charge is 2.03. The van der Waals surface area contributed by atoms with Gasteiger partial charge in [0.15, 0.2) is 0 Å². The molecule has 0 fully saturated rings. The molecule has 0 aliphatic carbocycles. The van der Waals surface area contributed by atoms with Crippen LogP contribution in [-0.2, 0) is 11.3 Å². The van der Waals surface area contributed by atoms with Gasteiger partial charge in [0.2, 0.25) is 0 Å². The number of nitrogens with zero attached hydrogens (tertiary/aromatic N) is 1. The Morgan fingerprint density at radius 1 is 1.50 bits per heavy atom. The van der Waals surface area contributed by atoms with Crippen LogP contribution in [0, 0.1) is 13.8 Å². The predicted molar refractivity (Wildman–Crippen MR) is 45.0 cm³/mol. The number of nitrogens with one attached hydrogen (secondary N) is 1. The number of H-pyrrole nitrogens is 1. The molecule has 0 amide bonds. The number of aromatic amines is 1. The molecule has 4 nitrogen and oxygen atoms in total. The van der Waals surface area contributed by atoms with Crippen molar-refractivity contribution in [2.24, 2.45) is 0 Å². The molecule has 0 unspecified atom stereocenters. The van der Waals surface area contributed by atoms with Crippen molar-refractivity contribution in [2.45, 2.75) is 20.5 Å². The predicted octanol–water partition coefficient (Wildman–Crippen LogP) is 0.533. The van der Waals surface area contributed by atoms with Crippen molar-refractivity contribution in [1.29, 1.82) is 0 Å². The Kier molecular flexibility index (Phi) is 2.60. The zero-order chi connectivity index (χ0) is 9.14. The maximum atomic E-state index is 11.2. The van der Waals surface area contributed by atoms with Crippen molar-refractivity contribution in [3.8, 4) is 0 Å². The average molecular weight is 168 g/mol. The van der Waals surface area contributed by atoms with E-state index < -0.39 is 0 Å². The fraction of sp³-hybridized carbons (Fsp3) is 0.500. The first-order chi connectivity index (χ1) is 5.65. The van der Waals surface area contributed by atoms with Crippen molar-refractivity contribution in [2.75, 3.05) is 7.11 Å². The van der Waals surface area contributed by atoms with E-state index in [0.717, 1.165) is 0 Å². The van der Waals surface area contributed by atoms with Crippen LogP contribution < -0.4 is 5.56 Å². The highest BCUT2D eigenvalue weighted by molar-refractivity contribution is 5.14. The molecule has 12 heavy (non-hydrogen) atoms. The van der Waals surface area contributed by atoms with Crippen molar-refractivity contribution in [3.05, 3.63) is 27.4 Å². The smallest absolute Gasteiger partial charge is 0.254 e. The minimum absolute atomic E-state index is 0.0884. The minimum Gasteiger partial charge on any atom is -0.378 e. The van der Waals surface area contributed by atoms with E-state index in [-0.39, 0.29) is 5.56 Å². The average Bonchev–Trinajstić information content (AvgIpc) is 2.00. The number of ether oxygens (including phenoxy) is 1. The third-order valence-corrected chi connectivity index (χ3v) is 1.65. The lowest BCUT2D eigenvalue weighted by molar-refractivity contribution is 0.180. The number of hydrogen-bond donors (Lipinski definition) is 1. The van der Waals surface area contributed by atoms with Gasteiger partial charge in [-0.1, -0.05) is 0 Å². The van der Waals surface area contributed by atoms with E-state index in [1.807, 2.05) is 0 Å². The molecule has 66 valence electrons. The molecule has 1 heterocycles. The summed E-state index contributed by atoms with van der Waals surface area (Å²) >= 11 is 0. The van der Waals surface area contributed by atoms with E-state index in [0.29, 0.717) is 23.7 Å². The Bertz CT molecular complexity index is 330. The van der Waals surface area contributed by atoms with Crippen LogP contribution in [-0.4, -0.2) is 17.1 Å². The first-order valence-corrected chi connectivity index (χ1v) is 3.70. The lowest BCUT2D eigenvalue weighted by atomic mass is 10.2. The van der Waals surface area contributed by atoms with Crippen molar-refractivity contribution < 1.29 is 4.74 Å². The zero-order valence-corrected chi connectivity index (χ0v) is 7.47. The molecule has 0 atom stereocenters. The number of rotatable bonds is 2. The Labute approximate surface area is 70.6 Å². The van der Waals surface area contributed by atoms with Gasteiger partial charge in [-0.15, -0.1) is 0 Å². The van der Waals surface area contributed by atoms with Gasteiger partial charge in [0, 0.05) is 12.7 Å². The molecular weight excluding hydrogens is 156 g/mol. The van der Waals surface area contributed by atoms with Crippen LogP contribution >= 0.6 is 0 Å². The van der Waals surface area contributed by atoms with Crippen LogP contribution in [0.1, 0.15) is 17.1 Å². The quantitative estimate of drug-likeness (QED) is 0.701. The van der Waals surface area contributed by atoms with Crippen LogP contribution in [0.5, 0.6) is 0 Å². The third kappa shape index (κ3) is 1.71. The molecule has 0 aliphatic heterocycles. The Balaban J connectivity index is 3.18. The van der Waals surface area contributed by atoms with Crippen LogP contribution in [0.4, 0.5) is 0 Å². The fourth-order valence-electron chi connectivity index (χ4n) is 0.981. The summed E-state index contributed by atoms with van der Waals surface area (Å²) < 4.78 is 4.90. The normalized spacial score (nSPS) is 10.2. The maximum absolute atomic E-state index is 11.2. The SMILES string of the molecule is COCc1nc(C)[nH]c(=O)c1C. The monoisotopic (exact) mass is 168 g/mol. The maximum Gasteiger partial charge on any atom is 0.254 e. The van der Waals surface area contributed by atoms with Gasteiger partial charge in [-0.05, 0) is 13.8 Å². The fourth-order valence-corrected chi connectivity index (χ4v) is 0.981. The van der Waals surface area contributed by atoms with Gasteiger partial charge in [0.05, 0.1) is 12.3 Å². The first-order valence-electron chi connectivity index (χ1n) is 3.70. The molecule has 1 aromatic rings. The Morgan fingerprint density at radius 2 is 2.17 bits per heavy atom. The third-order valence-electron chi connectivity index (χ3n) is 1.65. The summed E-state index contributed by atoms with van der Waals surface area (Å²) in [5.74, 6) is 0.623. The number of aromatic nitrogens is 2. The molecule has 0 radical (unpaired) electrons. The summed E-state index contributed by atoms with van der Waals surface area (Å²) in [5, 5.41) is 0. The van der Waals surface area contributed by atoms with E-state index in [4.69, 9.17) is 4.74 Å². The Morgan fingerprint density at radius 3 is 2.75 bits per heavy atom. The second-order valence-electron chi connectivity index (χ2n) is 2.66. The molecule has 0 bridgehead atoms. The summed E-state index contributed by atoms with van der Waals surface area (Å²) in [4.78, 5) is 17.9. The summed E-state index contributed by atoms with van der Waals surface area (Å²) in [6.07, 6.45) is 0. The number of methoxy groups -OCH3 is 1. The van der Waals surface area contributed by atoms with Gasteiger partial charge in [-0.3, -0.25) is 4.79 Å². The van der Waals surface area contributed by atoms with Crippen LogP contribution in [0.3, 0.4) is 0 Å². The van der Waals surface area contributed by atoms with Gasteiger partial charge in [0.25, 0.3) is 5.56 Å². The topological polar surface area (TPSA) is 55.0 Å². The molecular formula is C8H12N2O2. The van der Waals surface area contributed by atoms with E-state index in [2.05, 4.69) is 9.97 Å². The van der Waals surface area contributed by atoms with Crippen molar-refractivity contribution in [3.63, 3.8) is 0 Å². The van der Waals surface area contributed by atoms with Crippen molar-refractivity contribution in [1.82, 2.24) is 9.97 Å². The van der Waals surface area contributed by atoms with E-state index in [1.165, 1.54) is 0 Å². The van der Waals surface area contributed by atoms with Crippen LogP contribution in [0.25, 0.3) is 0 Å². The molecule has 1 rings (SSSR count). The molecule has 0 aliphatic rings. The highest BCUT2D eigenvalue weighted by Crippen LogP contribution is 1.99. The van der Waals surface area contributed by atoms with Gasteiger partial charge in [-0.2, -0.15) is 0 Å². The largest absolute Gasteiger partial charge is 0.378 e. The molecule has 1 N–H and O–H groups in total. The molecule has 0 spiro atoms. The van der Waals surface area contributed by atoms with Crippen molar-refractivity contribution >= 4 is 0 Å². The summed E-state index contributed by atoms with van der Waals surface area (Å²) in [6, 6.07) is 0. The summed E-state index contributed by atoms with van der Waals surface area (Å²) in [6.45, 7) is 3.87. The molecule has 0 aromatic carbocycles. The molecule has 0 saturated carbocycles. The lowest BCUT2D eigenvalue weighted by Gasteiger charge is -2.02. The lowest BCUT2D eigenvalue weighted by Crippen LogP contribution is -2.16. The van der Waals surface area contributed by atoms with E-state index >= 15 is 0 Å². The molecule has 0 saturated heterocycles. The molecule has 4 heteroatoms. The van der Waals surface area contributed by atoms with Gasteiger partial charge in [0.1, 0.15) is 5.82 Å². The standard InChI is InChI=1S/C8H12N2O2/c1-5-7(4-12-3)9-6(2)10-8(5)11/h4H2,1-3H3,(H,9,10,11). The molecule has 1 aromatic heterocycles. The van der Waals surface area contributed by atoms with Gasteiger partial charge < -0.3 is 9.72 Å². The van der Waals surface area contributed by atoms with Crippen LogP contribution in [0.15, 0.2) is 4.79 Å². The minimum atomic E-state index is -0.0884. The Hall–Kier alpha value is -1.16. The summed E-state index contributed by atoms with van der Waals surface area (Å²) in [7, 11) is 1.58. The second-order valence-corrected chi connectivity index (χ2v) is 2.66. The van der Waals surface area contributed by atoms with Gasteiger partial charge >= 0.3 is 0 Å². The van der Waals surface area contributed by atoms with E-state index in [1.54, 1.807) is 21.0 Å². The number of hydrogen-bond acceptors (Lipinski definition) is 3. The van der Waals surface area contributed by atoms with Gasteiger partial charge in [-0.25, -0.2) is 4.98 Å². The second kappa shape index (κ2) is 3.49. The summed E-state index contributed by atoms with van der Waals surface area (Å²) in [5.41, 5.74) is 1.25. The highest BCUT2D eigenvalue weighted by atomic mass is 16.5.